The molecule has 1 aromatic heterocycles. The number of hydrogen-bond donors (Lipinski definition) is 1. The van der Waals surface area contributed by atoms with Gasteiger partial charge in [-0.15, -0.1) is 0 Å². The van der Waals surface area contributed by atoms with E-state index in [1.807, 2.05) is 47.6 Å². The van der Waals surface area contributed by atoms with Gasteiger partial charge in [-0.1, -0.05) is 29.8 Å². The SMILES string of the molecule is CCOCCCn1c(NC(=O)CN2CCN(S(=O)(=O)c3ccc(C)cc3)CC2)nc2ccccc21. The normalized spacial score (nSPS) is 15.5. The Balaban J connectivity index is 1.35. The largest absolute Gasteiger partial charge is 0.382 e. The highest BCUT2D eigenvalue weighted by Gasteiger charge is 2.29. The molecule has 1 N–H and O–H groups in total. The topological polar surface area (TPSA) is 96.8 Å². The zero-order valence-corrected chi connectivity index (χ0v) is 21.1. The summed E-state index contributed by atoms with van der Waals surface area (Å²) in [6, 6.07) is 14.7. The average Bonchev–Trinajstić information content (AvgIpc) is 3.19. The predicted octanol–water partition coefficient (Wildman–Crippen LogP) is 2.72. The summed E-state index contributed by atoms with van der Waals surface area (Å²) in [7, 11) is -3.53. The molecule has 1 aliphatic rings. The predicted molar refractivity (Wildman–Crippen MR) is 136 cm³/mol. The number of para-hydroxylation sites is 2. The molecule has 0 unspecified atom stereocenters. The van der Waals surface area contributed by atoms with Crippen LogP contribution < -0.4 is 5.32 Å². The molecule has 4 rings (SSSR count). The maximum atomic E-state index is 12.9. The summed E-state index contributed by atoms with van der Waals surface area (Å²) in [6.07, 6.45) is 0.814. The number of fused-ring (bicyclic) bond motifs is 1. The van der Waals surface area contributed by atoms with Gasteiger partial charge in [-0.25, -0.2) is 13.4 Å². The quantitative estimate of drug-likeness (QED) is 0.431. The van der Waals surface area contributed by atoms with Gasteiger partial charge in [-0.05, 0) is 44.5 Å². The van der Waals surface area contributed by atoms with Crippen LogP contribution in [0, 0.1) is 6.92 Å². The second-order valence-corrected chi connectivity index (χ2v) is 10.6. The number of sulfonamides is 1. The van der Waals surface area contributed by atoms with Gasteiger partial charge in [0, 0.05) is 45.9 Å². The van der Waals surface area contributed by atoms with Crippen LogP contribution in [0.4, 0.5) is 5.95 Å². The Morgan fingerprint density at radius 3 is 2.49 bits per heavy atom. The summed E-state index contributed by atoms with van der Waals surface area (Å²) in [6.45, 7) is 7.75. The van der Waals surface area contributed by atoms with Crippen molar-refractivity contribution in [3.63, 3.8) is 0 Å². The monoisotopic (exact) mass is 499 g/mol. The van der Waals surface area contributed by atoms with Gasteiger partial charge in [0.05, 0.1) is 22.5 Å². The summed E-state index contributed by atoms with van der Waals surface area (Å²) < 4.78 is 34.8. The summed E-state index contributed by atoms with van der Waals surface area (Å²) in [4.78, 5) is 19.7. The van der Waals surface area contributed by atoms with Crippen molar-refractivity contribution in [1.29, 1.82) is 0 Å². The molecule has 10 heteroatoms. The third-order valence-electron chi connectivity index (χ3n) is 6.14. The van der Waals surface area contributed by atoms with Gasteiger partial charge in [-0.2, -0.15) is 4.31 Å². The maximum Gasteiger partial charge on any atom is 0.243 e. The molecule has 1 amide bonds. The first-order chi connectivity index (χ1) is 16.9. The molecule has 1 aliphatic heterocycles. The molecule has 0 spiro atoms. The van der Waals surface area contributed by atoms with E-state index in [1.54, 1.807) is 24.3 Å². The summed E-state index contributed by atoms with van der Waals surface area (Å²) >= 11 is 0. The molecule has 3 aromatic rings. The highest BCUT2D eigenvalue weighted by Crippen LogP contribution is 2.21. The van der Waals surface area contributed by atoms with Gasteiger partial charge >= 0.3 is 0 Å². The summed E-state index contributed by atoms with van der Waals surface area (Å²) in [5, 5.41) is 2.96. The molecule has 0 bridgehead atoms. The number of ether oxygens (including phenoxy) is 1. The lowest BCUT2D eigenvalue weighted by Crippen LogP contribution is -2.50. The molecule has 2 aromatic carbocycles. The van der Waals surface area contributed by atoms with Gasteiger partial charge in [0.2, 0.25) is 21.9 Å². The van der Waals surface area contributed by atoms with Crippen molar-refractivity contribution in [1.82, 2.24) is 18.8 Å². The van der Waals surface area contributed by atoms with Crippen LogP contribution in [-0.2, 0) is 26.1 Å². The molecule has 0 atom stereocenters. The number of aromatic nitrogens is 2. The fourth-order valence-corrected chi connectivity index (χ4v) is 5.64. The molecule has 1 fully saturated rings. The third-order valence-corrected chi connectivity index (χ3v) is 8.05. The van der Waals surface area contributed by atoms with Crippen molar-refractivity contribution in [2.45, 2.75) is 31.7 Å². The molecular formula is C25H33N5O4S. The van der Waals surface area contributed by atoms with E-state index in [2.05, 4.69) is 10.3 Å². The van der Waals surface area contributed by atoms with Crippen LogP contribution in [0.1, 0.15) is 18.9 Å². The van der Waals surface area contributed by atoms with E-state index in [4.69, 9.17) is 4.74 Å². The number of benzene rings is 2. The fraction of sp³-hybridized carbons (Fsp3) is 0.440. The highest BCUT2D eigenvalue weighted by molar-refractivity contribution is 7.89. The Labute approximate surface area is 206 Å². The Morgan fingerprint density at radius 1 is 1.06 bits per heavy atom. The first kappa shape index (κ1) is 25.3. The van der Waals surface area contributed by atoms with E-state index in [0.717, 1.165) is 23.0 Å². The zero-order valence-electron chi connectivity index (χ0n) is 20.3. The van der Waals surface area contributed by atoms with Crippen LogP contribution in [-0.4, -0.2) is 79.0 Å². The van der Waals surface area contributed by atoms with Crippen molar-refractivity contribution in [2.75, 3.05) is 51.3 Å². The summed E-state index contributed by atoms with van der Waals surface area (Å²) in [5.74, 6) is 0.356. The third kappa shape index (κ3) is 6.07. The van der Waals surface area contributed by atoms with Crippen LogP contribution in [0.25, 0.3) is 11.0 Å². The smallest absolute Gasteiger partial charge is 0.243 e. The van der Waals surface area contributed by atoms with Gasteiger partial charge in [-0.3, -0.25) is 15.0 Å². The number of aryl methyl sites for hydroxylation is 2. The minimum absolute atomic E-state index is 0.166. The average molecular weight is 500 g/mol. The van der Waals surface area contributed by atoms with Crippen LogP contribution in [0.5, 0.6) is 0 Å². The number of imidazole rings is 1. The van der Waals surface area contributed by atoms with E-state index in [1.165, 1.54) is 4.31 Å². The van der Waals surface area contributed by atoms with Gasteiger partial charge < -0.3 is 9.30 Å². The highest BCUT2D eigenvalue weighted by atomic mass is 32.2. The van der Waals surface area contributed by atoms with Crippen molar-refractivity contribution in [2.24, 2.45) is 0 Å². The molecule has 2 heterocycles. The Hall–Kier alpha value is -2.79. The number of carbonyl (C=O) groups is 1. The van der Waals surface area contributed by atoms with Crippen molar-refractivity contribution in [3.05, 3.63) is 54.1 Å². The number of carbonyl (C=O) groups excluding carboxylic acids is 1. The minimum Gasteiger partial charge on any atom is -0.382 e. The van der Waals surface area contributed by atoms with E-state index >= 15 is 0 Å². The van der Waals surface area contributed by atoms with E-state index in [-0.39, 0.29) is 12.5 Å². The number of nitrogens with zero attached hydrogens (tertiary/aromatic N) is 4. The van der Waals surface area contributed by atoms with Gasteiger partial charge in [0.25, 0.3) is 0 Å². The Morgan fingerprint density at radius 2 is 1.77 bits per heavy atom. The molecule has 0 aliphatic carbocycles. The molecule has 0 saturated carbocycles. The van der Waals surface area contributed by atoms with Gasteiger partial charge in [0.1, 0.15) is 0 Å². The van der Waals surface area contributed by atoms with Crippen LogP contribution in [0.15, 0.2) is 53.4 Å². The van der Waals surface area contributed by atoms with Crippen molar-refractivity contribution < 1.29 is 17.9 Å². The van der Waals surface area contributed by atoms with Gasteiger partial charge in [0.15, 0.2) is 0 Å². The number of hydrogen-bond acceptors (Lipinski definition) is 6. The zero-order chi connectivity index (χ0) is 24.8. The molecular weight excluding hydrogens is 466 g/mol. The minimum atomic E-state index is -3.53. The number of amides is 1. The van der Waals surface area contributed by atoms with Crippen LogP contribution in [0.3, 0.4) is 0 Å². The fourth-order valence-electron chi connectivity index (χ4n) is 4.22. The molecule has 1 saturated heterocycles. The number of rotatable bonds is 10. The van der Waals surface area contributed by atoms with E-state index in [0.29, 0.717) is 56.8 Å². The van der Waals surface area contributed by atoms with E-state index < -0.39 is 10.0 Å². The molecule has 0 radical (unpaired) electrons. The number of nitrogens with one attached hydrogen (secondary N) is 1. The molecule has 188 valence electrons. The molecule has 9 nitrogen and oxygen atoms in total. The van der Waals surface area contributed by atoms with Crippen molar-refractivity contribution in [3.8, 4) is 0 Å². The first-order valence-electron chi connectivity index (χ1n) is 12.0. The lowest BCUT2D eigenvalue weighted by atomic mass is 10.2. The lowest BCUT2D eigenvalue weighted by Gasteiger charge is -2.33. The number of piperazine rings is 1. The molecule has 35 heavy (non-hydrogen) atoms. The number of anilines is 1. The standard InChI is InChI=1S/C25H33N5O4S/c1-3-34-18-6-13-30-23-8-5-4-7-22(23)26-25(30)27-24(31)19-28-14-16-29(17-15-28)35(32,33)21-11-9-20(2)10-12-21/h4-5,7-12H,3,6,13-19H2,1-2H3,(H,26,27,31). The lowest BCUT2D eigenvalue weighted by molar-refractivity contribution is -0.117. The maximum absolute atomic E-state index is 12.9. The Kier molecular flexibility index (Phi) is 8.17. The van der Waals surface area contributed by atoms with Crippen LogP contribution >= 0.6 is 0 Å². The second-order valence-electron chi connectivity index (χ2n) is 8.67. The summed E-state index contributed by atoms with van der Waals surface area (Å²) in [5.41, 5.74) is 2.81. The second kappa shape index (κ2) is 11.3. The Bertz CT molecular complexity index is 1250. The van der Waals surface area contributed by atoms with E-state index in [9.17, 15) is 13.2 Å². The first-order valence-corrected chi connectivity index (χ1v) is 13.4. The van der Waals surface area contributed by atoms with Crippen molar-refractivity contribution >= 4 is 32.9 Å². The van der Waals surface area contributed by atoms with Crippen LogP contribution in [0.2, 0.25) is 0 Å².